The monoisotopic (exact) mass is 503 g/mol. The Balaban J connectivity index is 1.32. The number of hydrazone groups is 1. The van der Waals surface area contributed by atoms with Gasteiger partial charge in [-0.1, -0.05) is 25.3 Å². The van der Waals surface area contributed by atoms with Crippen LogP contribution in [0.2, 0.25) is 0 Å². The molecule has 0 radical (unpaired) electrons. The number of amides is 1. The molecular formula is C25H28F3N5OS. The van der Waals surface area contributed by atoms with Crippen LogP contribution in [0.5, 0.6) is 0 Å². The van der Waals surface area contributed by atoms with E-state index in [-0.39, 0.29) is 18.0 Å². The second-order valence-corrected chi connectivity index (χ2v) is 9.66. The van der Waals surface area contributed by atoms with Crippen LogP contribution in [0, 0.1) is 13.8 Å². The van der Waals surface area contributed by atoms with Gasteiger partial charge in [0.25, 0.3) is 0 Å². The highest BCUT2D eigenvalue weighted by molar-refractivity contribution is 7.13. The number of carbonyl (C=O) groups excluding carboxylic acids is 1. The van der Waals surface area contributed by atoms with Crippen molar-refractivity contribution in [3.63, 3.8) is 0 Å². The minimum Gasteiger partial charge on any atom is -0.345 e. The van der Waals surface area contributed by atoms with E-state index in [1.165, 1.54) is 61.3 Å². The van der Waals surface area contributed by atoms with Crippen molar-refractivity contribution in [2.75, 3.05) is 5.32 Å². The first-order valence-electron chi connectivity index (χ1n) is 11.6. The van der Waals surface area contributed by atoms with Crippen LogP contribution >= 0.6 is 11.3 Å². The topological polar surface area (TPSA) is 71.3 Å². The molecule has 0 atom stereocenters. The van der Waals surface area contributed by atoms with Crippen LogP contribution < -0.4 is 10.7 Å². The van der Waals surface area contributed by atoms with Gasteiger partial charge in [-0.25, -0.2) is 10.4 Å². The fourth-order valence-electron chi connectivity index (χ4n) is 4.55. The molecule has 35 heavy (non-hydrogen) atoms. The van der Waals surface area contributed by atoms with Gasteiger partial charge in [0.05, 0.1) is 23.9 Å². The van der Waals surface area contributed by atoms with Gasteiger partial charge in [0, 0.05) is 34.1 Å². The number of hydrogen-bond donors (Lipinski definition) is 2. The molecular weight excluding hydrogens is 475 g/mol. The summed E-state index contributed by atoms with van der Waals surface area (Å²) in [6, 6.07) is 7.51. The molecule has 1 aromatic carbocycles. The SMILES string of the molecule is Cc1cc(/C=N\NC(=O)Cc2csc(Nc3cccc(C(F)(F)F)c3)n2)c(C)n1C1CCCCC1. The van der Waals surface area contributed by atoms with E-state index >= 15 is 0 Å². The lowest BCUT2D eigenvalue weighted by Crippen LogP contribution is -2.20. The van der Waals surface area contributed by atoms with Crippen LogP contribution in [0.1, 0.15) is 66.4 Å². The minimum absolute atomic E-state index is 0.0131. The fraction of sp³-hybridized carbons (Fsp3) is 0.400. The average molecular weight is 504 g/mol. The van der Waals surface area contributed by atoms with Gasteiger partial charge >= 0.3 is 6.18 Å². The van der Waals surface area contributed by atoms with Crippen LogP contribution in [0.3, 0.4) is 0 Å². The van der Waals surface area contributed by atoms with Gasteiger partial charge in [0.2, 0.25) is 5.91 Å². The zero-order valence-electron chi connectivity index (χ0n) is 19.7. The number of rotatable bonds is 7. The summed E-state index contributed by atoms with van der Waals surface area (Å²) in [5, 5.41) is 9.08. The van der Waals surface area contributed by atoms with Crippen LogP contribution in [0.25, 0.3) is 0 Å². The van der Waals surface area contributed by atoms with Gasteiger partial charge in [-0.15, -0.1) is 11.3 Å². The molecule has 0 saturated heterocycles. The van der Waals surface area contributed by atoms with Crippen molar-refractivity contribution < 1.29 is 18.0 Å². The summed E-state index contributed by atoms with van der Waals surface area (Å²) in [6.07, 6.45) is 3.48. The summed E-state index contributed by atoms with van der Waals surface area (Å²) in [5.74, 6) is -0.321. The Labute approximate surface area is 206 Å². The summed E-state index contributed by atoms with van der Waals surface area (Å²) in [6.45, 7) is 4.18. The van der Waals surface area contributed by atoms with Gasteiger partial charge < -0.3 is 9.88 Å². The Kier molecular flexibility index (Phi) is 7.59. The minimum atomic E-state index is -4.42. The summed E-state index contributed by atoms with van der Waals surface area (Å²) in [5.41, 5.74) is 5.92. The quantitative estimate of drug-likeness (QED) is 0.285. The van der Waals surface area contributed by atoms with Crippen LogP contribution in [0.4, 0.5) is 24.0 Å². The van der Waals surface area contributed by atoms with Crippen LogP contribution in [-0.2, 0) is 17.4 Å². The second-order valence-electron chi connectivity index (χ2n) is 8.81. The number of carbonyl (C=O) groups is 1. The molecule has 2 aromatic heterocycles. The summed E-state index contributed by atoms with van der Waals surface area (Å²) < 4.78 is 41.1. The zero-order chi connectivity index (χ0) is 25.0. The molecule has 1 aliphatic carbocycles. The lowest BCUT2D eigenvalue weighted by Gasteiger charge is -2.26. The van der Waals surface area contributed by atoms with Gasteiger partial charge in [-0.2, -0.15) is 18.3 Å². The number of benzene rings is 1. The molecule has 0 bridgehead atoms. The smallest absolute Gasteiger partial charge is 0.345 e. The third kappa shape index (κ3) is 6.30. The van der Waals surface area contributed by atoms with Crippen LogP contribution in [-0.4, -0.2) is 21.7 Å². The molecule has 6 nitrogen and oxygen atoms in total. The van der Waals surface area contributed by atoms with E-state index in [9.17, 15) is 18.0 Å². The van der Waals surface area contributed by atoms with E-state index in [2.05, 4.69) is 45.3 Å². The van der Waals surface area contributed by atoms with Crippen molar-refractivity contribution in [3.8, 4) is 0 Å². The molecule has 1 amide bonds. The summed E-state index contributed by atoms with van der Waals surface area (Å²) in [7, 11) is 0. The number of nitrogens with zero attached hydrogens (tertiary/aromatic N) is 3. The van der Waals surface area contributed by atoms with Gasteiger partial charge in [0.15, 0.2) is 5.13 Å². The predicted molar refractivity (Wildman–Crippen MR) is 132 cm³/mol. The van der Waals surface area contributed by atoms with Crippen LogP contribution in [0.15, 0.2) is 40.8 Å². The summed E-state index contributed by atoms with van der Waals surface area (Å²) in [4.78, 5) is 16.6. The van der Waals surface area contributed by atoms with Crippen molar-refractivity contribution in [2.45, 2.75) is 64.6 Å². The zero-order valence-corrected chi connectivity index (χ0v) is 20.5. The average Bonchev–Trinajstić information content (AvgIpc) is 3.36. The highest BCUT2D eigenvalue weighted by atomic mass is 32.1. The number of hydrogen-bond acceptors (Lipinski definition) is 5. The van der Waals surface area contributed by atoms with E-state index in [0.29, 0.717) is 16.9 Å². The molecule has 1 saturated carbocycles. The van der Waals surface area contributed by atoms with E-state index < -0.39 is 11.7 Å². The largest absolute Gasteiger partial charge is 0.416 e. The molecule has 0 spiro atoms. The molecule has 10 heteroatoms. The number of anilines is 2. The molecule has 2 heterocycles. The molecule has 2 N–H and O–H groups in total. The Bertz CT molecular complexity index is 1210. The number of aromatic nitrogens is 2. The van der Waals surface area contributed by atoms with Gasteiger partial charge in [0.1, 0.15) is 0 Å². The third-order valence-corrected chi connectivity index (χ3v) is 7.00. The van der Waals surface area contributed by atoms with Crippen molar-refractivity contribution >= 4 is 34.3 Å². The lowest BCUT2D eigenvalue weighted by atomic mass is 9.95. The van der Waals surface area contributed by atoms with Crippen molar-refractivity contribution in [1.29, 1.82) is 0 Å². The Morgan fingerprint density at radius 2 is 2.00 bits per heavy atom. The maximum atomic E-state index is 12.9. The van der Waals surface area contributed by atoms with E-state index in [4.69, 9.17) is 0 Å². The first kappa shape index (κ1) is 25.0. The summed E-state index contributed by atoms with van der Waals surface area (Å²) >= 11 is 1.22. The first-order valence-corrected chi connectivity index (χ1v) is 12.5. The van der Waals surface area contributed by atoms with Crippen molar-refractivity contribution in [2.24, 2.45) is 5.10 Å². The van der Waals surface area contributed by atoms with Gasteiger partial charge in [-0.3, -0.25) is 4.79 Å². The normalized spacial score (nSPS) is 15.0. The first-order chi connectivity index (χ1) is 16.7. The Morgan fingerprint density at radius 1 is 1.23 bits per heavy atom. The highest BCUT2D eigenvalue weighted by Gasteiger charge is 2.30. The number of halogens is 3. The van der Waals surface area contributed by atoms with Gasteiger partial charge in [-0.05, 0) is 51.0 Å². The Hall–Kier alpha value is -3.14. The predicted octanol–water partition coefficient (Wildman–Crippen LogP) is 6.52. The number of alkyl halides is 3. The maximum Gasteiger partial charge on any atom is 0.416 e. The van der Waals surface area contributed by atoms with E-state index in [1.807, 2.05) is 0 Å². The molecule has 1 fully saturated rings. The maximum absolute atomic E-state index is 12.9. The Morgan fingerprint density at radius 3 is 2.74 bits per heavy atom. The third-order valence-electron chi connectivity index (χ3n) is 6.19. The van der Waals surface area contributed by atoms with E-state index in [0.717, 1.165) is 23.4 Å². The molecule has 1 aliphatic rings. The fourth-order valence-corrected chi connectivity index (χ4v) is 5.29. The molecule has 4 rings (SSSR count). The number of aryl methyl sites for hydroxylation is 1. The molecule has 3 aromatic rings. The van der Waals surface area contributed by atoms with Crippen molar-refractivity contribution in [1.82, 2.24) is 15.0 Å². The highest BCUT2D eigenvalue weighted by Crippen LogP contribution is 2.33. The van der Waals surface area contributed by atoms with Crippen molar-refractivity contribution in [3.05, 3.63) is 63.9 Å². The second kappa shape index (κ2) is 10.6. The van der Waals surface area contributed by atoms with E-state index in [1.54, 1.807) is 11.6 Å². The lowest BCUT2D eigenvalue weighted by molar-refractivity contribution is -0.137. The number of thiazole rings is 1. The molecule has 0 aliphatic heterocycles. The molecule has 186 valence electrons. The standard InChI is InChI=1S/C25H28F3N5OS/c1-16-11-18(17(2)33(16)22-9-4-3-5-10-22)14-29-32-23(34)13-21-15-35-24(31-21)30-20-8-6-7-19(12-20)25(26,27)28/h6-8,11-12,14-15,22H,3-5,9-10,13H2,1-2H3,(H,30,31)(H,32,34)/b29-14-. The molecule has 0 unspecified atom stereocenters. The number of nitrogens with one attached hydrogen (secondary N) is 2.